The number of nitrogens with zero attached hydrogens (tertiary/aromatic N) is 3. The second-order valence-electron chi connectivity index (χ2n) is 7.14. The largest absolute Gasteiger partial charge is 0.326 e. The number of urea groups is 1. The van der Waals surface area contributed by atoms with Crippen LogP contribution < -0.4 is 10.6 Å². The van der Waals surface area contributed by atoms with Crippen LogP contribution in [0.25, 0.3) is 16.9 Å². The molecule has 4 aromatic rings. The minimum absolute atomic E-state index is 0.380. The summed E-state index contributed by atoms with van der Waals surface area (Å²) in [5.74, 6) is 0.814. The lowest BCUT2D eigenvalue weighted by molar-refractivity contribution is 0.262. The van der Waals surface area contributed by atoms with Crippen molar-refractivity contribution < 1.29 is 4.79 Å². The number of aromatic nitrogens is 3. The first kappa shape index (κ1) is 22.1. The van der Waals surface area contributed by atoms with Gasteiger partial charge in [0.1, 0.15) is 5.82 Å². The molecule has 0 saturated heterocycles. The van der Waals surface area contributed by atoms with Crippen molar-refractivity contribution in [3.05, 3.63) is 87.0 Å². The highest BCUT2D eigenvalue weighted by atomic mass is 35.5. The molecule has 0 bridgehead atoms. The fourth-order valence-corrected chi connectivity index (χ4v) is 3.80. The highest BCUT2D eigenvalue weighted by molar-refractivity contribution is 6.35. The van der Waals surface area contributed by atoms with Gasteiger partial charge in [0.15, 0.2) is 5.82 Å². The molecule has 0 radical (unpaired) electrons. The van der Waals surface area contributed by atoms with E-state index in [0.717, 1.165) is 22.4 Å². The first-order valence-electron chi connectivity index (χ1n) is 9.63. The van der Waals surface area contributed by atoms with Crippen LogP contribution in [-0.4, -0.2) is 20.8 Å². The van der Waals surface area contributed by atoms with Crippen molar-refractivity contribution in [2.45, 2.75) is 13.8 Å². The molecule has 0 unspecified atom stereocenters. The number of carbonyl (C=O) groups is 1. The number of benzene rings is 2. The average Bonchev–Trinajstić information content (AvgIpc) is 3.06. The van der Waals surface area contributed by atoms with Crippen LogP contribution in [0.3, 0.4) is 0 Å². The fourth-order valence-electron chi connectivity index (χ4n) is 3.19. The SMILES string of the molecule is Cc1ccc(NC(=O)Nc2nn(-c3ccc(Cl)cc3Cl)c(-c3ccc(Cl)cc3)c2C)nc1. The van der Waals surface area contributed by atoms with Crippen molar-refractivity contribution in [3.8, 4) is 16.9 Å². The number of hydrogen-bond donors (Lipinski definition) is 2. The highest BCUT2D eigenvalue weighted by Crippen LogP contribution is 2.34. The monoisotopic (exact) mass is 485 g/mol. The molecule has 2 heterocycles. The lowest BCUT2D eigenvalue weighted by Crippen LogP contribution is -2.20. The van der Waals surface area contributed by atoms with E-state index in [0.29, 0.717) is 32.4 Å². The van der Waals surface area contributed by atoms with Gasteiger partial charge in [-0.1, -0.05) is 53.0 Å². The van der Waals surface area contributed by atoms with Crippen molar-refractivity contribution in [2.75, 3.05) is 10.6 Å². The van der Waals surface area contributed by atoms with E-state index < -0.39 is 6.03 Å². The summed E-state index contributed by atoms with van der Waals surface area (Å²) in [6.45, 7) is 3.80. The quantitative estimate of drug-likeness (QED) is 0.321. The van der Waals surface area contributed by atoms with Gasteiger partial charge in [-0.15, -0.1) is 5.10 Å². The Bertz CT molecular complexity index is 1280. The Kier molecular flexibility index (Phi) is 6.37. The van der Waals surface area contributed by atoms with Crippen LogP contribution >= 0.6 is 34.8 Å². The number of amides is 2. The van der Waals surface area contributed by atoms with Crippen molar-refractivity contribution in [1.29, 1.82) is 0 Å². The Labute approximate surface area is 200 Å². The Hall–Kier alpha value is -3.06. The van der Waals surface area contributed by atoms with Gasteiger partial charge >= 0.3 is 6.03 Å². The smallest absolute Gasteiger partial charge is 0.292 e. The maximum atomic E-state index is 12.6. The number of anilines is 2. The third-order valence-corrected chi connectivity index (χ3v) is 5.55. The van der Waals surface area contributed by atoms with Gasteiger partial charge in [0.05, 0.1) is 16.4 Å². The molecule has 6 nitrogen and oxygen atoms in total. The number of halogens is 3. The van der Waals surface area contributed by atoms with Crippen LogP contribution in [0, 0.1) is 13.8 Å². The molecule has 0 saturated carbocycles. The molecule has 0 spiro atoms. The van der Waals surface area contributed by atoms with E-state index in [-0.39, 0.29) is 0 Å². The second kappa shape index (κ2) is 9.20. The number of rotatable bonds is 4. The lowest BCUT2D eigenvalue weighted by Gasteiger charge is -2.10. The molecule has 2 amide bonds. The first-order valence-corrected chi connectivity index (χ1v) is 10.8. The van der Waals surface area contributed by atoms with Crippen LogP contribution in [0.4, 0.5) is 16.4 Å². The van der Waals surface area contributed by atoms with Crippen molar-refractivity contribution in [2.24, 2.45) is 0 Å². The van der Waals surface area contributed by atoms with E-state index in [4.69, 9.17) is 34.8 Å². The van der Waals surface area contributed by atoms with Gasteiger partial charge in [-0.2, -0.15) is 0 Å². The highest BCUT2D eigenvalue weighted by Gasteiger charge is 2.20. The molecule has 2 aromatic heterocycles. The second-order valence-corrected chi connectivity index (χ2v) is 8.42. The molecule has 4 rings (SSSR count). The summed E-state index contributed by atoms with van der Waals surface area (Å²) in [6.07, 6.45) is 1.68. The van der Waals surface area contributed by atoms with Gasteiger partial charge in [-0.3, -0.25) is 10.6 Å². The maximum Gasteiger partial charge on any atom is 0.326 e. The van der Waals surface area contributed by atoms with Crippen LogP contribution in [0.1, 0.15) is 11.1 Å². The first-order chi connectivity index (χ1) is 15.3. The molecule has 0 aliphatic rings. The van der Waals surface area contributed by atoms with Crippen LogP contribution in [-0.2, 0) is 0 Å². The van der Waals surface area contributed by atoms with Crippen LogP contribution in [0.15, 0.2) is 60.8 Å². The van der Waals surface area contributed by atoms with Gasteiger partial charge in [-0.25, -0.2) is 14.5 Å². The van der Waals surface area contributed by atoms with Crippen molar-refractivity contribution in [3.63, 3.8) is 0 Å². The van der Waals surface area contributed by atoms with E-state index in [2.05, 4.69) is 20.7 Å². The minimum atomic E-state index is -0.459. The van der Waals surface area contributed by atoms with E-state index in [1.54, 1.807) is 47.3 Å². The van der Waals surface area contributed by atoms with Gasteiger partial charge in [0.2, 0.25) is 0 Å². The molecule has 2 N–H and O–H groups in total. The van der Waals surface area contributed by atoms with Crippen molar-refractivity contribution in [1.82, 2.24) is 14.8 Å². The van der Waals surface area contributed by atoms with E-state index in [1.165, 1.54) is 0 Å². The van der Waals surface area contributed by atoms with Gasteiger partial charge in [-0.05, 0) is 55.8 Å². The Balaban J connectivity index is 1.74. The predicted molar refractivity (Wildman–Crippen MR) is 130 cm³/mol. The zero-order chi connectivity index (χ0) is 22.8. The van der Waals surface area contributed by atoms with Crippen LogP contribution in [0.2, 0.25) is 15.1 Å². The Morgan fingerprint density at radius 1 is 0.906 bits per heavy atom. The molecule has 0 aliphatic carbocycles. The fraction of sp³-hybridized carbons (Fsp3) is 0.0870. The van der Waals surface area contributed by atoms with Crippen molar-refractivity contribution >= 4 is 52.5 Å². The van der Waals surface area contributed by atoms with Gasteiger partial charge in [0.25, 0.3) is 0 Å². The molecule has 32 heavy (non-hydrogen) atoms. The van der Waals surface area contributed by atoms with Gasteiger partial charge < -0.3 is 0 Å². The number of carbonyl (C=O) groups excluding carboxylic acids is 1. The summed E-state index contributed by atoms with van der Waals surface area (Å²) in [7, 11) is 0. The standard InChI is InChI=1S/C23H18Cl3N5O/c1-13-3-10-20(27-12-13)28-23(32)29-22-14(2)21(15-4-6-16(24)7-5-15)31(30-22)19-9-8-17(25)11-18(19)26/h3-12H,1-2H3,(H2,27,28,29,30,32). The predicted octanol–water partition coefficient (Wildman–Crippen LogP) is 7.16. The third kappa shape index (κ3) is 4.72. The molecule has 0 fully saturated rings. The Morgan fingerprint density at radius 3 is 2.28 bits per heavy atom. The summed E-state index contributed by atoms with van der Waals surface area (Å²) >= 11 is 18.6. The summed E-state index contributed by atoms with van der Waals surface area (Å²) in [4.78, 5) is 16.8. The summed E-state index contributed by atoms with van der Waals surface area (Å²) in [5, 5.41) is 11.7. The molecule has 9 heteroatoms. The number of hydrogen-bond acceptors (Lipinski definition) is 3. The zero-order valence-electron chi connectivity index (χ0n) is 17.2. The number of pyridine rings is 1. The average molecular weight is 487 g/mol. The van der Waals surface area contributed by atoms with Gasteiger partial charge in [0, 0.05) is 27.4 Å². The summed E-state index contributed by atoms with van der Waals surface area (Å²) in [5.41, 5.74) is 4.00. The summed E-state index contributed by atoms with van der Waals surface area (Å²) < 4.78 is 1.68. The number of nitrogens with one attached hydrogen (secondary N) is 2. The van der Waals surface area contributed by atoms with E-state index in [1.807, 2.05) is 32.0 Å². The Morgan fingerprint density at radius 2 is 1.62 bits per heavy atom. The van der Waals surface area contributed by atoms with Crippen LogP contribution in [0.5, 0.6) is 0 Å². The lowest BCUT2D eigenvalue weighted by atomic mass is 10.1. The summed E-state index contributed by atoms with van der Waals surface area (Å²) in [6, 6.07) is 15.6. The number of aryl methyl sites for hydroxylation is 1. The molecular weight excluding hydrogens is 469 g/mol. The minimum Gasteiger partial charge on any atom is -0.292 e. The maximum absolute atomic E-state index is 12.6. The third-order valence-electron chi connectivity index (χ3n) is 4.76. The molecule has 0 atom stereocenters. The molecule has 2 aromatic carbocycles. The van der Waals surface area contributed by atoms with E-state index >= 15 is 0 Å². The molecular formula is C23H18Cl3N5O. The topological polar surface area (TPSA) is 71.8 Å². The molecule has 162 valence electrons. The van der Waals surface area contributed by atoms with E-state index in [9.17, 15) is 4.79 Å². The normalized spacial score (nSPS) is 10.8. The zero-order valence-corrected chi connectivity index (χ0v) is 19.4. The molecule has 0 aliphatic heterocycles.